The highest BCUT2D eigenvalue weighted by Gasteiger charge is 2.25. The summed E-state index contributed by atoms with van der Waals surface area (Å²) in [5.74, 6) is -1.16. The summed E-state index contributed by atoms with van der Waals surface area (Å²) >= 11 is 0. The van der Waals surface area contributed by atoms with Gasteiger partial charge in [-0.2, -0.15) is 5.10 Å². The molecule has 1 aromatic heterocycles. The molecule has 3 rings (SSSR count). The molecule has 6 nitrogen and oxygen atoms in total. The molecular weight excluding hydrogens is 328 g/mol. The van der Waals surface area contributed by atoms with Crippen LogP contribution in [0.5, 0.6) is 0 Å². The lowest BCUT2D eigenvalue weighted by molar-refractivity contribution is -0.112. The van der Waals surface area contributed by atoms with Gasteiger partial charge < -0.3 is 10.2 Å². The lowest BCUT2D eigenvalue weighted by atomic mass is 10.1. The number of benzene rings is 1. The van der Waals surface area contributed by atoms with Gasteiger partial charge in [-0.05, 0) is 38.8 Å². The number of para-hydroxylation sites is 2. The third kappa shape index (κ3) is 3.64. The van der Waals surface area contributed by atoms with E-state index in [1.165, 1.54) is 12.8 Å². The van der Waals surface area contributed by atoms with E-state index in [-0.39, 0.29) is 0 Å². The molecule has 1 aromatic carbocycles. The maximum atomic E-state index is 12.7. The molecule has 0 unspecified atom stereocenters. The highest BCUT2D eigenvalue weighted by Crippen LogP contribution is 2.28. The van der Waals surface area contributed by atoms with Crippen molar-refractivity contribution in [2.75, 3.05) is 23.3 Å². The minimum atomic E-state index is -0.619. The van der Waals surface area contributed by atoms with Crippen LogP contribution in [0.2, 0.25) is 0 Å². The molecule has 6 heteroatoms. The van der Waals surface area contributed by atoms with Crippen LogP contribution < -0.4 is 10.2 Å². The van der Waals surface area contributed by atoms with Crippen LogP contribution in [-0.2, 0) is 11.8 Å². The molecule has 2 heterocycles. The van der Waals surface area contributed by atoms with Crippen molar-refractivity contribution in [1.82, 2.24) is 9.78 Å². The highest BCUT2D eigenvalue weighted by atomic mass is 16.2. The van der Waals surface area contributed by atoms with Crippen LogP contribution in [0.1, 0.15) is 47.4 Å². The molecule has 0 radical (unpaired) electrons. The number of carbonyl (C=O) groups is 2. The van der Waals surface area contributed by atoms with Gasteiger partial charge in [0.15, 0.2) is 0 Å². The first-order valence-electron chi connectivity index (χ1n) is 9.19. The maximum Gasteiger partial charge on any atom is 0.296 e. The van der Waals surface area contributed by atoms with Crippen LogP contribution >= 0.6 is 0 Å². The van der Waals surface area contributed by atoms with E-state index in [2.05, 4.69) is 15.3 Å². The molecule has 138 valence electrons. The van der Waals surface area contributed by atoms with Gasteiger partial charge in [0, 0.05) is 25.8 Å². The van der Waals surface area contributed by atoms with Crippen molar-refractivity contribution in [3.63, 3.8) is 0 Å². The van der Waals surface area contributed by atoms with Crippen molar-refractivity contribution >= 4 is 23.1 Å². The number of nitrogens with one attached hydrogen (secondary N) is 1. The first-order chi connectivity index (χ1) is 12.5. The fraction of sp³-hybridized carbons (Fsp3) is 0.450. The van der Waals surface area contributed by atoms with E-state index < -0.39 is 11.7 Å². The Labute approximate surface area is 154 Å². The van der Waals surface area contributed by atoms with Gasteiger partial charge in [-0.1, -0.05) is 25.0 Å². The Morgan fingerprint density at radius 1 is 1.04 bits per heavy atom. The van der Waals surface area contributed by atoms with Crippen molar-refractivity contribution in [1.29, 1.82) is 0 Å². The van der Waals surface area contributed by atoms with Crippen LogP contribution in [-0.4, -0.2) is 34.6 Å². The number of rotatable bonds is 4. The molecule has 26 heavy (non-hydrogen) atoms. The molecule has 1 amide bonds. The van der Waals surface area contributed by atoms with E-state index in [1.54, 1.807) is 25.6 Å². The molecule has 0 atom stereocenters. The van der Waals surface area contributed by atoms with E-state index in [1.807, 2.05) is 24.3 Å². The van der Waals surface area contributed by atoms with Gasteiger partial charge in [0.25, 0.3) is 11.7 Å². The second-order valence-electron chi connectivity index (χ2n) is 6.87. The van der Waals surface area contributed by atoms with Crippen LogP contribution in [0.4, 0.5) is 11.4 Å². The van der Waals surface area contributed by atoms with Gasteiger partial charge in [-0.25, -0.2) is 0 Å². The molecule has 0 bridgehead atoms. The molecule has 1 aliphatic rings. The summed E-state index contributed by atoms with van der Waals surface area (Å²) in [6.45, 7) is 5.49. The second kappa shape index (κ2) is 7.72. The average Bonchev–Trinajstić information content (AvgIpc) is 2.82. The van der Waals surface area contributed by atoms with Crippen LogP contribution in [0.3, 0.4) is 0 Å². The number of aryl methyl sites for hydroxylation is 2. The predicted octanol–water partition coefficient (Wildman–Crippen LogP) is 3.24. The number of anilines is 2. The number of hydrogen-bond donors (Lipinski definition) is 1. The summed E-state index contributed by atoms with van der Waals surface area (Å²) in [5, 5.41) is 7.05. The molecule has 0 saturated carbocycles. The number of carbonyl (C=O) groups excluding carboxylic acids is 2. The highest BCUT2D eigenvalue weighted by molar-refractivity contribution is 6.47. The molecule has 1 aliphatic heterocycles. The first kappa shape index (κ1) is 18.2. The van der Waals surface area contributed by atoms with Crippen molar-refractivity contribution in [3.05, 3.63) is 41.2 Å². The Balaban J connectivity index is 1.82. The number of hydrogen-bond acceptors (Lipinski definition) is 4. The lowest BCUT2D eigenvalue weighted by Gasteiger charge is -2.25. The largest absolute Gasteiger partial charge is 0.370 e. The summed E-state index contributed by atoms with van der Waals surface area (Å²) in [6, 6.07) is 7.70. The molecule has 2 aromatic rings. The minimum Gasteiger partial charge on any atom is -0.370 e. The zero-order valence-electron chi connectivity index (χ0n) is 15.7. The van der Waals surface area contributed by atoms with Crippen molar-refractivity contribution in [2.45, 2.75) is 39.5 Å². The number of amides is 1. The molecule has 1 N–H and O–H groups in total. The van der Waals surface area contributed by atoms with E-state index in [0.717, 1.165) is 31.6 Å². The van der Waals surface area contributed by atoms with E-state index >= 15 is 0 Å². The van der Waals surface area contributed by atoms with Gasteiger partial charge in [-0.3, -0.25) is 14.3 Å². The van der Waals surface area contributed by atoms with Gasteiger partial charge in [0.05, 0.1) is 22.6 Å². The van der Waals surface area contributed by atoms with Crippen LogP contribution in [0.15, 0.2) is 24.3 Å². The fourth-order valence-corrected chi connectivity index (χ4v) is 3.56. The molecule has 0 aliphatic carbocycles. The number of aromatic nitrogens is 2. The quantitative estimate of drug-likeness (QED) is 0.676. The number of nitrogens with zero attached hydrogens (tertiary/aromatic N) is 3. The topological polar surface area (TPSA) is 67.2 Å². The van der Waals surface area contributed by atoms with Gasteiger partial charge in [-0.15, -0.1) is 0 Å². The molecule has 1 saturated heterocycles. The smallest absolute Gasteiger partial charge is 0.296 e. The van der Waals surface area contributed by atoms with Gasteiger partial charge in [0.2, 0.25) is 0 Å². The molecule has 1 fully saturated rings. The lowest BCUT2D eigenvalue weighted by Crippen LogP contribution is -2.28. The molecule has 0 spiro atoms. The molecular formula is C20H26N4O2. The fourth-order valence-electron chi connectivity index (χ4n) is 3.56. The second-order valence-corrected chi connectivity index (χ2v) is 6.87. The van der Waals surface area contributed by atoms with Crippen LogP contribution in [0.25, 0.3) is 0 Å². The number of Topliss-reactive ketones (excluding diaryl/α,β-unsaturated/α-hetero) is 1. The Morgan fingerprint density at radius 2 is 1.69 bits per heavy atom. The first-order valence-corrected chi connectivity index (χ1v) is 9.19. The van der Waals surface area contributed by atoms with Crippen molar-refractivity contribution in [2.24, 2.45) is 7.05 Å². The summed E-state index contributed by atoms with van der Waals surface area (Å²) < 4.78 is 1.63. The maximum absolute atomic E-state index is 12.7. The average molecular weight is 354 g/mol. The summed E-state index contributed by atoms with van der Waals surface area (Å²) in [7, 11) is 1.77. The monoisotopic (exact) mass is 354 g/mol. The number of ketones is 1. The van der Waals surface area contributed by atoms with E-state index in [4.69, 9.17) is 0 Å². The van der Waals surface area contributed by atoms with E-state index in [0.29, 0.717) is 22.6 Å². The summed E-state index contributed by atoms with van der Waals surface area (Å²) in [6.07, 6.45) is 4.77. The zero-order chi connectivity index (χ0) is 18.7. The zero-order valence-corrected chi connectivity index (χ0v) is 15.7. The SMILES string of the molecule is Cc1nn(C)c(C)c1C(=O)C(=O)Nc1ccccc1N1CCCCCC1. The third-order valence-corrected chi connectivity index (χ3v) is 5.04. The van der Waals surface area contributed by atoms with Crippen molar-refractivity contribution in [3.8, 4) is 0 Å². The van der Waals surface area contributed by atoms with Crippen LogP contribution in [0, 0.1) is 13.8 Å². The van der Waals surface area contributed by atoms with Gasteiger partial charge >= 0.3 is 0 Å². The normalized spacial score (nSPS) is 14.8. The third-order valence-electron chi connectivity index (χ3n) is 5.04. The Kier molecular flexibility index (Phi) is 5.40. The van der Waals surface area contributed by atoms with Crippen molar-refractivity contribution < 1.29 is 9.59 Å². The standard InChI is InChI=1S/C20H26N4O2/c1-14-18(15(2)23(3)22-14)19(25)20(26)21-16-10-6-7-11-17(16)24-12-8-4-5-9-13-24/h6-7,10-11H,4-5,8-9,12-13H2,1-3H3,(H,21,26). The minimum absolute atomic E-state index is 0.386. The Morgan fingerprint density at radius 3 is 2.31 bits per heavy atom. The predicted molar refractivity (Wildman–Crippen MR) is 103 cm³/mol. The summed E-state index contributed by atoms with van der Waals surface area (Å²) in [5.41, 5.74) is 3.33. The van der Waals surface area contributed by atoms with Gasteiger partial charge in [0.1, 0.15) is 0 Å². The summed E-state index contributed by atoms with van der Waals surface area (Å²) in [4.78, 5) is 27.6. The van der Waals surface area contributed by atoms with E-state index in [9.17, 15) is 9.59 Å². The Hall–Kier alpha value is -2.63. The Bertz CT molecular complexity index is 817.